The lowest BCUT2D eigenvalue weighted by Crippen LogP contribution is -2.07. The number of hydrogen-bond acceptors (Lipinski definition) is 3. The summed E-state index contributed by atoms with van der Waals surface area (Å²) in [6, 6.07) is 13.3. The molecule has 16 heavy (non-hydrogen) atoms. The van der Waals surface area contributed by atoms with Gasteiger partial charge >= 0.3 is 0 Å². The minimum absolute atomic E-state index is 0.151. The third-order valence-corrected chi connectivity index (χ3v) is 2.04. The average molecular weight is 213 g/mol. The van der Waals surface area contributed by atoms with E-state index in [1.807, 2.05) is 36.4 Å². The van der Waals surface area contributed by atoms with Crippen molar-refractivity contribution in [3.05, 3.63) is 42.5 Å². The van der Waals surface area contributed by atoms with Crippen LogP contribution in [0.4, 0.5) is 5.82 Å². The van der Waals surface area contributed by atoms with Gasteiger partial charge in [0, 0.05) is 12.5 Å². The Balaban J connectivity index is 2.23. The Morgan fingerprint density at radius 3 is 2.38 bits per heavy atom. The van der Waals surface area contributed by atoms with Crippen LogP contribution in [0.1, 0.15) is 6.92 Å². The van der Waals surface area contributed by atoms with E-state index < -0.39 is 0 Å². The third kappa shape index (κ3) is 2.42. The summed E-state index contributed by atoms with van der Waals surface area (Å²) in [5.41, 5.74) is 1.79. The maximum atomic E-state index is 10.8. The Morgan fingerprint density at radius 2 is 1.81 bits per heavy atom. The molecule has 1 aromatic carbocycles. The molecule has 0 saturated heterocycles. The summed E-state index contributed by atoms with van der Waals surface area (Å²) in [5, 5.41) is 10.5. The van der Waals surface area contributed by atoms with Crippen molar-refractivity contribution in [1.82, 2.24) is 10.2 Å². The zero-order valence-electron chi connectivity index (χ0n) is 8.84. The average Bonchev–Trinajstić information content (AvgIpc) is 2.30. The SMILES string of the molecule is CC(=O)Nc1ccc(-c2ccccc2)nn1. The number of anilines is 1. The van der Waals surface area contributed by atoms with E-state index in [0.29, 0.717) is 5.82 Å². The van der Waals surface area contributed by atoms with Crippen molar-refractivity contribution in [3.63, 3.8) is 0 Å². The fourth-order valence-corrected chi connectivity index (χ4v) is 1.34. The van der Waals surface area contributed by atoms with Crippen molar-refractivity contribution in [2.45, 2.75) is 6.92 Å². The van der Waals surface area contributed by atoms with Crippen LogP contribution in [0, 0.1) is 0 Å². The summed E-state index contributed by atoms with van der Waals surface area (Å²) in [6.07, 6.45) is 0. The smallest absolute Gasteiger partial charge is 0.222 e. The van der Waals surface area contributed by atoms with E-state index in [9.17, 15) is 4.79 Å². The van der Waals surface area contributed by atoms with Gasteiger partial charge in [0.15, 0.2) is 5.82 Å². The molecule has 0 aliphatic heterocycles. The van der Waals surface area contributed by atoms with Gasteiger partial charge in [-0.3, -0.25) is 4.79 Å². The molecule has 0 atom stereocenters. The van der Waals surface area contributed by atoms with Crippen molar-refractivity contribution >= 4 is 11.7 Å². The number of rotatable bonds is 2. The summed E-state index contributed by atoms with van der Waals surface area (Å²) >= 11 is 0. The lowest BCUT2D eigenvalue weighted by Gasteiger charge is -2.02. The maximum Gasteiger partial charge on any atom is 0.222 e. The van der Waals surface area contributed by atoms with Gasteiger partial charge in [-0.05, 0) is 12.1 Å². The molecule has 1 aromatic heterocycles. The Kier molecular flexibility index (Phi) is 2.91. The molecule has 4 heteroatoms. The van der Waals surface area contributed by atoms with E-state index in [2.05, 4.69) is 15.5 Å². The van der Waals surface area contributed by atoms with Crippen molar-refractivity contribution in [2.75, 3.05) is 5.32 Å². The third-order valence-electron chi connectivity index (χ3n) is 2.04. The fraction of sp³-hybridized carbons (Fsp3) is 0.0833. The molecule has 0 saturated carbocycles. The van der Waals surface area contributed by atoms with Crippen LogP contribution in [0.15, 0.2) is 42.5 Å². The molecule has 0 bridgehead atoms. The first-order chi connectivity index (χ1) is 7.75. The first kappa shape index (κ1) is 10.3. The number of benzene rings is 1. The highest BCUT2D eigenvalue weighted by Crippen LogP contribution is 2.15. The predicted octanol–water partition coefficient (Wildman–Crippen LogP) is 2.10. The monoisotopic (exact) mass is 213 g/mol. The van der Waals surface area contributed by atoms with Gasteiger partial charge in [-0.2, -0.15) is 0 Å². The lowest BCUT2D eigenvalue weighted by molar-refractivity contribution is -0.114. The van der Waals surface area contributed by atoms with Gasteiger partial charge in [-0.15, -0.1) is 10.2 Å². The molecular formula is C12H11N3O. The largest absolute Gasteiger partial charge is 0.309 e. The topological polar surface area (TPSA) is 54.9 Å². The summed E-state index contributed by atoms with van der Waals surface area (Å²) in [7, 11) is 0. The molecule has 0 unspecified atom stereocenters. The Bertz CT molecular complexity index is 479. The number of nitrogens with one attached hydrogen (secondary N) is 1. The van der Waals surface area contributed by atoms with Crippen LogP contribution in [0.3, 0.4) is 0 Å². The number of aromatic nitrogens is 2. The molecule has 2 rings (SSSR count). The maximum absolute atomic E-state index is 10.8. The van der Waals surface area contributed by atoms with Crippen LogP contribution in [-0.2, 0) is 4.79 Å². The summed E-state index contributed by atoms with van der Waals surface area (Å²) in [6.45, 7) is 1.44. The Labute approximate surface area is 93.3 Å². The van der Waals surface area contributed by atoms with Gasteiger partial charge < -0.3 is 5.32 Å². The second-order valence-corrected chi connectivity index (χ2v) is 3.35. The van der Waals surface area contributed by atoms with Crippen LogP contribution in [-0.4, -0.2) is 16.1 Å². The van der Waals surface area contributed by atoms with E-state index in [1.165, 1.54) is 6.92 Å². The molecule has 1 amide bonds. The molecule has 1 N–H and O–H groups in total. The minimum Gasteiger partial charge on any atom is -0.309 e. The summed E-state index contributed by atoms with van der Waals surface area (Å²) in [4.78, 5) is 10.8. The number of carbonyl (C=O) groups is 1. The normalized spacial score (nSPS) is 9.81. The Morgan fingerprint density at radius 1 is 1.06 bits per heavy atom. The predicted molar refractivity (Wildman–Crippen MR) is 61.8 cm³/mol. The number of nitrogens with zero attached hydrogens (tertiary/aromatic N) is 2. The van der Waals surface area contributed by atoms with E-state index in [1.54, 1.807) is 6.07 Å². The van der Waals surface area contributed by atoms with Crippen LogP contribution < -0.4 is 5.32 Å². The van der Waals surface area contributed by atoms with E-state index in [0.717, 1.165) is 11.3 Å². The second kappa shape index (κ2) is 4.53. The minimum atomic E-state index is -0.151. The molecule has 1 heterocycles. The first-order valence-electron chi connectivity index (χ1n) is 4.92. The summed E-state index contributed by atoms with van der Waals surface area (Å²) in [5.74, 6) is 0.314. The van der Waals surface area contributed by atoms with Crippen LogP contribution in [0.2, 0.25) is 0 Å². The lowest BCUT2D eigenvalue weighted by atomic mass is 10.1. The van der Waals surface area contributed by atoms with E-state index in [-0.39, 0.29) is 5.91 Å². The van der Waals surface area contributed by atoms with Gasteiger partial charge in [0.2, 0.25) is 5.91 Å². The molecular weight excluding hydrogens is 202 g/mol. The van der Waals surface area contributed by atoms with E-state index >= 15 is 0 Å². The highest BCUT2D eigenvalue weighted by Gasteiger charge is 2.00. The molecule has 4 nitrogen and oxygen atoms in total. The quantitative estimate of drug-likeness (QED) is 0.831. The van der Waals surface area contributed by atoms with Crippen molar-refractivity contribution in [2.24, 2.45) is 0 Å². The van der Waals surface area contributed by atoms with Crippen LogP contribution in [0.25, 0.3) is 11.3 Å². The van der Waals surface area contributed by atoms with Gasteiger partial charge in [0.1, 0.15) is 0 Å². The molecule has 80 valence electrons. The second-order valence-electron chi connectivity index (χ2n) is 3.35. The first-order valence-corrected chi connectivity index (χ1v) is 4.92. The van der Waals surface area contributed by atoms with E-state index in [4.69, 9.17) is 0 Å². The molecule has 0 spiro atoms. The van der Waals surface area contributed by atoms with Crippen molar-refractivity contribution < 1.29 is 4.79 Å². The van der Waals surface area contributed by atoms with Crippen molar-refractivity contribution in [3.8, 4) is 11.3 Å². The zero-order chi connectivity index (χ0) is 11.4. The van der Waals surface area contributed by atoms with Gasteiger partial charge in [-0.25, -0.2) is 0 Å². The van der Waals surface area contributed by atoms with Gasteiger partial charge in [0.25, 0.3) is 0 Å². The molecule has 0 radical (unpaired) electrons. The van der Waals surface area contributed by atoms with Crippen LogP contribution >= 0.6 is 0 Å². The Hall–Kier alpha value is -2.23. The van der Waals surface area contributed by atoms with Crippen molar-refractivity contribution in [1.29, 1.82) is 0 Å². The fourth-order valence-electron chi connectivity index (χ4n) is 1.34. The van der Waals surface area contributed by atoms with Crippen LogP contribution in [0.5, 0.6) is 0 Å². The standard InChI is InChI=1S/C12H11N3O/c1-9(16)13-12-8-7-11(14-15-12)10-5-3-2-4-6-10/h2-8H,1H3,(H,13,15,16). The number of carbonyl (C=O) groups excluding carboxylic acids is 1. The van der Waals surface area contributed by atoms with Gasteiger partial charge in [0.05, 0.1) is 5.69 Å². The molecule has 0 fully saturated rings. The summed E-state index contributed by atoms with van der Waals surface area (Å²) < 4.78 is 0. The zero-order valence-corrected chi connectivity index (χ0v) is 8.84. The number of amides is 1. The highest BCUT2D eigenvalue weighted by atomic mass is 16.1. The molecule has 2 aromatic rings. The van der Waals surface area contributed by atoms with Gasteiger partial charge in [-0.1, -0.05) is 30.3 Å². The number of hydrogen-bond donors (Lipinski definition) is 1. The highest BCUT2D eigenvalue weighted by molar-refractivity contribution is 5.87. The molecule has 0 aliphatic rings. The molecule has 0 aliphatic carbocycles.